The third kappa shape index (κ3) is 2.72. The van der Waals surface area contributed by atoms with Crippen molar-refractivity contribution in [3.63, 3.8) is 0 Å². The Morgan fingerprint density at radius 2 is 2.43 bits per heavy atom. The van der Waals surface area contributed by atoms with Gasteiger partial charge in [-0.15, -0.1) is 11.3 Å². The van der Waals surface area contributed by atoms with E-state index in [1.807, 2.05) is 6.20 Å². The van der Waals surface area contributed by atoms with Crippen molar-refractivity contribution in [3.8, 4) is 0 Å². The summed E-state index contributed by atoms with van der Waals surface area (Å²) >= 11 is 3.89. The molecule has 0 bridgehead atoms. The van der Waals surface area contributed by atoms with Gasteiger partial charge in [-0.2, -0.15) is 11.8 Å². The van der Waals surface area contributed by atoms with Crippen LogP contribution in [-0.4, -0.2) is 16.0 Å². The number of aromatic nitrogens is 1. The van der Waals surface area contributed by atoms with Gasteiger partial charge in [-0.05, 0) is 18.6 Å². The third-order valence-corrected chi connectivity index (χ3v) is 4.92. The Morgan fingerprint density at radius 3 is 3.07 bits per heavy atom. The van der Waals surface area contributed by atoms with Crippen molar-refractivity contribution in [1.82, 2.24) is 4.98 Å². The average molecular weight is 228 g/mol. The smallest absolute Gasteiger partial charge is 0.0939 e. The minimum atomic E-state index is 0.634. The van der Waals surface area contributed by atoms with Gasteiger partial charge in [0.25, 0.3) is 0 Å². The van der Waals surface area contributed by atoms with Gasteiger partial charge in [0.05, 0.1) is 5.01 Å². The Labute approximate surface area is 93.3 Å². The zero-order valence-electron chi connectivity index (χ0n) is 8.24. The maximum Gasteiger partial charge on any atom is 0.0939 e. The van der Waals surface area contributed by atoms with Crippen LogP contribution >= 0.6 is 23.1 Å². The number of rotatable bonds is 3. The zero-order valence-corrected chi connectivity index (χ0v) is 9.87. The fourth-order valence-electron chi connectivity index (χ4n) is 1.70. The molecule has 0 aromatic carbocycles. The molecule has 1 atom stereocenters. The zero-order chi connectivity index (χ0) is 9.80. The number of hydrogen-bond acceptors (Lipinski definition) is 4. The van der Waals surface area contributed by atoms with Crippen molar-refractivity contribution in [2.75, 3.05) is 5.75 Å². The van der Waals surface area contributed by atoms with Gasteiger partial charge >= 0.3 is 0 Å². The first-order valence-electron chi connectivity index (χ1n) is 5.13. The quantitative estimate of drug-likeness (QED) is 0.863. The van der Waals surface area contributed by atoms with E-state index in [4.69, 9.17) is 5.73 Å². The lowest BCUT2D eigenvalue weighted by molar-refractivity contribution is 0.659. The number of nitrogens with zero attached hydrogens (tertiary/aromatic N) is 1. The molecule has 14 heavy (non-hydrogen) atoms. The van der Waals surface area contributed by atoms with E-state index in [-0.39, 0.29) is 0 Å². The topological polar surface area (TPSA) is 38.9 Å². The SMILES string of the molecule is NCc1cnc(CC2CCCCS2)s1. The fraction of sp³-hybridized carbons (Fsp3) is 0.700. The summed E-state index contributed by atoms with van der Waals surface area (Å²) in [6, 6.07) is 0. The molecule has 1 saturated heterocycles. The average Bonchev–Trinajstić information content (AvgIpc) is 2.67. The molecule has 1 unspecified atom stereocenters. The molecular formula is C10H16N2S2. The molecule has 2 nitrogen and oxygen atoms in total. The van der Waals surface area contributed by atoms with E-state index in [0.717, 1.165) is 11.7 Å². The van der Waals surface area contributed by atoms with Crippen LogP contribution in [0.25, 0.3) is 0 Å². The Kier molecular flexibility index (Phi) is 3.84. The lowest BCUT2D eigenvalue weighted by atomic mass is 10.1. The molecule has 2 rings (SSSR count). The minimum Gasteiger partial charge on any atom is -0.326 e. The highest BCUT2D eigenvalue weighted by Gasteiger charge is 2.15. The summed E-state index contributed by atoms with van der Waals surface area (Å²) in [5, 5.41) is 2.07. The fourth-order valence-corrected chi connectivity index (χ4v) is 4.00. The maximum atomic E-state index is 5.56. The van der Waals surface area contributed by atoms with Crippen LogP contribution in [0.2, 0.25) is 0 Å². The van der Waals surface area contributed by atoms with Crippen molar-refractivity contribution >= 4 is 23.1 Å². The molecule has 0 spiro atoms. The second-order valence-electron chi connectivity index (χ2n) is 3.62. The summed E-state index contributed by atoms with van der Waals surface area (Å²) in [6.45, 7) is 0.634. The van der Waals surface area contributed by atoms with Gasteiger partial charge in [0.1, 0.15) is 0 Å². The van der Waals surface area contributed by atoms with E-state index in [2.05, 4.69) is 16.7 Å². The normalized spacial score (nSPS) is 22.5. The molecule has 1 fully saturated rings. The second-order valence-corrected chi connectivity index (χ2v) is 6.23. The molecule has 2 N–H and O–H groups in total. The molecule has 0 radical (unpaired) electrons. The largest absolute Gasteiger partial charge is 0.326 e. The van der Waals surface area contributed by atoms with Crippen molar-refractivity contribution in [1.29, 1.82) is 0 Å². The van der Waals surface area contributed by atoms with Crippen LogP contribution < -0.4 is 5.73 Å². The van der Waals surface area contributed by atoms with E-state index in [9.17, 15) is 0 Å². The summed E-state index contributed by atoms with van der Waals surface area (Å²) in [4.78, 5) is 5.62. The predicted molar refractivity (Wildman–Crippen MR) is 63.8 cm³/mol. The van der Waals surface area contributed by atoms with Crippen LogP contribution in [0.15, 0.2) is 6.20 Å². The molecule has 1 aromatic heterocycles. The molecular weight excluding hydrogens is 212 g/mol. The Hall–Kier alpha value is -0.0600. The molecule has 2 heterocycles. The molecule has 1 aliphatic heterocycles. The number of thiazole rings is 1. The lowest BCUT2D eigenvalue weighted by Crippen LogP contribution is -2.12. The molecule has 1 aliphatic rings. The third-order valence-electron chi connectivity index (χ3n) is 2.48. The summed E-state index contributed by atoms with van der Waals surface area (Å²) in [5.74, 6) is 1.33. The summed E-state index contributed by atoms with van der Waals surface area (Å²) in [6.07, 6.45) is 7.23. The number of nitrogens with two attached hydrogens (primary N) is 1. The highest BCUT2D eigenvalue weighted by molar-refractivity contribution is 7.99. The van der Waals surface area contributed by atoms with Crippen LogP contribution in [0.3, 0.4) is 0 Å². The van der Waals surface area contributed by atoms with Gasteiger partial charge in [-0.1, -0.05) is 6.42 Å². The standard InChI is InChI=1S/C10H16N2S2/c11-6-9-7-12-10(14-9)5-8-3-1-2-4-13-8/h7-8H,1-6,11H2. The summed E-state index contributed by atoms with van der Waals surface area (Å²) in [7, 11) is 0. The Bertz CT molecular complexity index is 279. The molecule has 0 saturated carbocycles. The van der Waals surface area contributed by atoms with Crippen molar-refractivity contribution in [2.45, 2.75) is 37.5 Å². The number of hydrogen-bond donors (Lipinski definition) is 1. The predicted octanol–water partition coefficient (Wildman–Crippen LogP) is 2.43. The van der Waals surface area contributed by atoms with E-state index in [0.29, 0.717) is 6.54 Å². The monoisotopic (exact) mass is 228 g/mol. The van der Waals surface area contributed by atoms with Crippen LogP contribution in [-0.2, 0) is 13.0 Å². The van der Waals surface area contributed by atoms with Crippen molar-refractivity contribution in [2.24, 2.45) is 5.73 Å². The first-order chi connectivity index (χ1) is 6.88. The van der Waals surface area contributed by atoms with E-state index in [1.54, 1.807) is 11.3 Å². The first-order valence-corrected chi connectivity index (χ1v) is 7.00. The van der Waals surface area contributed by atoms with Crippen LogP contribution in [0.5, 0.6) is 0 Å². The van der Waals surface area contributed by atoms with Gasteiger partial charge < -0.3 is 5.73 Å². The molecule has 78 valence electrons. The lowest BCUT2D eigenvalue weighted by Gasteiger charge is -2.19. The number of thioether (sulfide) groups is 1. The first kappa shape index (κ1) is 10.5. The van der Waals surface area contributed by atoms with Crippen LogP contribution in [0.4, 0.5) is 0 Å². The molecule has 0 aliphatic carbocycles. The highest BCUT2D eigenvalue weighted by atomic mass is 32.2. The molecule has 0 amide bonds. The highest BCUT2D eigenvalue weighted by Crippen LogP contribution is 2.28. The van der Waals surface area contributed by atoms with Gasteiger partial charge in [-0.25, -0.2) is 4.98 Å². The summed E-state index contributed by atoms with van der Waals surface area (Å²) in [5.41, 5.74) is 5.56. The second kappa shape index (κ2) is 5.14. The molecule has 1 aromatic rings. The van der Waals surface area contributed by atoms with E-state index < -0.39 is 0 Å². The Balaban J connectivity index is 1.89. The van der Waals surface area contributed by atoms with Crippen molar-refractivity contribution < 1.29 is 0 Å². The van der Waals surface area contributed by atoms with E-state index in [1.165, 1.54) is 34.9 Å². The van der Waals surface area contributed by atoms with Crippen LogP contribution in [0, 0.1) is 0 Å². The molecule has 4 heteroatoms. The minimum absolute atomic E-state index is 0.634. The van der Waals surface area contributed by atoms with Gasteiger partial charge in [0, 0.05) is 29.3 Å². The van der Waals surface area contributed by atoms with Crippen molar-refractivity contribution in [3.05, 3.63) is 16.1 Å². The van der Waals surface area contributed by atoms with E-state index >= 15 is 0 Å². The van der Waals surface area contributed by atoms with Gasteiger partial charge in [-0.3, -0.25) is 0 Å². The van der Waals surface area contributed by atoms with Gasteiger partial charge in [0.15, 0.2) is 0 Å². The van der Waals surface area contributed by atoms with Gasteiger partial charge in [0.2, 0.25) is 0 Å². The Morgan fingerprint density at radius 1 is 1.50 bits per heavy atom. The summed E-state index contributed by atoms with van der Waals surface area (Å²) < 4.78 is 0. The van der Waals surface area contributed by atoms with Crippen LogP contribution in [0.1, 0.15) is 29.1 Å². The maximum absolute atomic E-state index is 5.56.